The Morgan fingerprint density at radius 1 is 1.25 bits per heavy atom. The molecule has 1 heterocycles. The number of hydrogen-bond donors (Lipinski definition) is 1. The number of hydrogen-bond acceptors (Lipinski definition) is 2. The van der Waals surface area contributed by atoms with Gasteiger partial charge in [0.05, 0.1) is 11.5 Å². The molecule has 0 saturated carbocycles. The second-order valence-electron chi connectivity index (χ2n) is 5.32. The van der Waals surface area contributed by atoms with Gasteiger partial charge in [0.1, 0.15) is 5.82 Å². The standard InChI is InChI=1S/C17H16FNO/c1-10-7-11(2)16(14(18)8-10)17(20)13-9-19-15-6-4-3-5-12(13)15/h3-8,13,19H,9H2,1-2H3. The number of Topliss-reactive ketones (excluding diaryl/α,β-unsaturated/α-hetero) is 1. The third-order valence-electron chi connectivity index (χ3n) is 3.83. The van der Waals surface area contributed by atoms with Gasteiger partial charge in [0.2, 0.25) is 0 Å². The van der Waals surface area contributed by atoms with Crippen LogP contribution in [0.5, 0.6) is 0 Å². The van der Waals surface area contributed by atoms with Crippen LogP contribution in [-0.2, 0) is 0 Å². The van der Waals surface area contributed by atoms with Crippen LogP contribution in [0, 0.1) is 19.7 Å². The Morgan fingerprint density at radius 3 is 2.75 bits per heavy atom. The van der Waals surface area contributed by atoms with E-state index >= 15 is 0 Å². The molecule has 2 nitrogen and oxygen atoms in total. The van der Waals surface area contributed by atoms with Crippen LogP contribution in [-0.4, -0.2) is 12.3 Å². The summed E-state index contributed by atoms with van der Waals surface area (Å²) in [5.41, 5.74) is 3.69. The lowest BCUT2D eigenvalue weighted by atomic mass is 9.89. The van der Waals surface area contributed by atoms with Crippen LogP contribution in [0.4, 0.5) is 10.1 Å². The molecule has 2 aromatic carbocycles. The number of rotatable bonds is 2. The molecule has 1 N–H and O–H groups in total. The van der Waals surface area contributed by atoms with Gasteiger partial charge in [0.25, 0.3) is 0 Å². The van der Waals surface area contributed by atoms with Crippen molar-refractivity contribution in [2.24, 2.45) is 0 Å². The van der Waals surface area contributed by atoms with Crippen LogP contribution in [0.1, 0.15) is 33.0 Å². The summed E-state index contributed by atoms with van der Waals surface area (Å²) in [5.74, 6) is -0.864. The highest BCUT2D eigenvalue weighted by molar-refractivity contribution is 6.04. The molecule has 1 unspecified atom stereocenters. The normalized spacial score (nSPS) is 16.6. The van der Waals surface area contributed by atoms with E-state index in [1.807, 2.05) is 37.3 Å². The van der Waals surface area contributed by atoms with E-state index < -0.39 is 5.82 Å². The zero-order valence-electron chi connectivity index (χ0n) is 11.5. The molecule has 3 heteroatoms. The number of para-hydroxylation sites is 1. The fraction of sp³-hybridized carbons (Fsp3) is 0.235. The van der Waals surface area contributed by atoms with E-state index in [-0.39, 0.29) is 17.3 Å². The SMILES string of the molecule is Cc1cc(C)c(C(=O)C2CNc3ccccc32)c(F)c1. The number of carbonyl (C=O) groups excluding carboxylic acids is 1. The zero-order valence-corrected chi connectivity index (χ0v) is 11.5. The molecule has 0 fully saturated rings. The molecule has 0 radical (unpaired) electrons. The second kappa shape index (κ2) is 4.75. The monoisotopic (exact) mass is 269 g/mol. The minimum Gasteiger partial charge on any atom is -0.384 e. The third kappa shape index (κ3) is 1.99. The molecule has 1 atom stereocenters. The first-order valence-electron chi connectivity index (χ1n) is 6.71. The van der Waals surface area contributed by atoms with Crippen molar-refractivity contribution in [3.05, 3.63) is 64.5 Å². The van der Waals surface area contributed by atoms with Crippen molar-refractivity contribution < 1.29 is 9.18 Å². The topological polar surface area (TPSA) is 29.1 Å². The smallest absolute Gasteiger partial charge is 0.175 e. The summed E-state index contributed by atoms with van der Waals surface area (Å²) < 4.78 is 14.1. The highest BCUT2D eigenvalue weighted by Crippen LogP contribution is 2.34. The van der Waals surface area contributed by atoms with Crippen LogP contribution in [0.3, 0.4) is 0 Å². The fourth-order valence-corrected chi connectivity index (χ4v) is 2.92. The minimum atomic E-state index is -0.420. The quantitative estimate of drug-likeness (QED) is 0.839. The second-order valence-corrected chi connectivity index (χ2v) is 5.32. The summed E-state index contributed by atoms with van der Waals surface area (Å²) in [6.07, 6.45) is 0. The maximum absolute atomic E-state index is 14.1. The molecule has 0 amide bonds. The van der Waals surface area contributed by atoms with Crippen LogP contribution in [0.15, 0.2) is 36.4 Å². The van der Waals surface area contributed by atoms with Crippen molar-refractivity contribution >= 4 is 11.5 Å². The number of aryl methyl sites for hydroxylation is 2. The summed E-state index contributed by atoms with van der Waals surface area (Å²) in [6, 6.07) is 11.0. The molecule has 102 valence electrons. The Hall–Kier alpha value is -2.16. The number of fused-ring (bicyclic) bond motifs is 1. The molecule has 1 aliphatic rings. The largest absolute Gasteiger partial charge is 0.384 e. The molecule has 3 rings (SSSR count). The van der Waals surface area contributed by atoms with Gasteiger partial charge >= 0.3 is 0 Å². The molecule has 0 spiro atoms. The Bertz CT molecular complexity index is 670. The molecular weight excluding hydrogens is 253 g/mol. The maximum Gasteiger partial charge on any atom is 0.175 e. The first-order valence-corrected chi connectivity index (χ1v) is 6.71. The van der Waals surface area contributed by atoms with E-state index in [1.54, 1.807) is 6.92 Å². The highest BCUT2D eigenvalue weighted by Gasteiger charge is 2.31. The summed E-state index contributed by atoms with van der Waals surface area (Å²) in [6.45, 7) is 4.15. The highest BCUT2D eigenvalue weighted by atomic mass is 19.1. The lowest BCUT2D eigenvalue weighted by Crippen LogP contribution is -2.17. The molecule has 0 aliphatic carbocycles. The first kappa shape index (κ1) is 12.9. The van der Waals surface area contributed by atoms with Gasteiger partial charge in [-0.2, -0.15) is 0 Å². The van der Waals surface area contributed by atoms with Crippen molar-refractivity contribution in [1.29, 1.82) is 0 Å². The van der Waals surface area contributed by atoms with Crippen molar-refractivity contribution in [3.8, 4) is 0 Å². The molecule has 0 saturated heterocycles. The Labute approximate surface area is 117 Å². The van der Waals surface area contributed by atoms with Crippen molar-refractivity contribution in [2.75, 3.05) is 11.9 Å². The lowest BCUT2D eigenvalue weighted by molar-refractivity contribution is 0.0962. The minimum absolute atomic E-state index is 0.141. The average molecular weight is 269 g/mol. The van der Waals surface area contributed by atoms with Gasteiger partial charge in [0, 0.05) is 12.2 Å². The number of carbonyl (C=O) groups is 1. The van der Waals surface area contributed by atoms with Gasteiger partial charge in [-0.3, -0.25) is 4.79 Å². The Balaban J connectivity index is 2.03. The fourth-order valence-electron chi connectivity index (χ4n) is 2.92. The van der Waals surface area contributed by atoms with E-state index in [2.05, 4.69) is 5.32 Å². The van der Waals surface area contributed by atoms with Crippen molar-refractivity contribution in [2.45, 2.75) is 19.8 Å². The van der Waals surface area contributed by atoms with Gasteiger partial charge in [-0.1, -0.05) is 24.3 Å². The third-order valence-corrected chi connectivity index (χ3v) is 3.83. The predicted molar refractivity (Wildman–Crippen MR) is 77.9 cm³/mol. The van der Waals surface area contributed by atoms with Gasteiger partial charge < -0.3 is 5.32 Å². The molecule has 20 heavy (non-hydrogen) atoms. The predicted octanol–water partition coefficient (Wildman–Crippen LogP) is 3.83. The summed E-state index contributed by atoms with van der Waals surface area (Å²) in [4.78, 5) is 12.7. The van der Waals surface area contributed by atoms with E-state index in [0.717, 1.165) is 16.8 Å². The Morgan fingerprint density at radius 2 is 2.00 bits per heavy atom. The molecule has 2 aromatic rings. The van der Waals surface area contributed by atoms with Crippen molar-refractivity contribution in [1.82, 2.24) is 0 Å². The molecule has 0 bridgehead atoms. The number of anilines is 1. The maximum atomic E-state index is 14.1. The average Bonchev–Trinajstić information content (AvgIpc) is 2.81. The van der Waals surface area contributed by atoms with Crippen LogP contribution in [0.2, 0.25) is 0 Å². The summed E-state index contributed by atoms with van der Waals surface area (Å²) in [5, 5.41) is 3.21. The summed E-state index contributed by atoms with van der Waals surface area (Å²) in [7, 11) is 0. The van der Waals surface area contributed by atoms with E-state index in [9.17, 15) is 9.18 Å². The molecular formula is C17H16FNO. The molecule has 0 aromatic heterocycles. The van der Waals surface area contributed by atoms with E-state index in [0.29, 0.717) is 12.1 Å². The van der Waals surface area contributed by atoms with Crippen LogP contribution < -0.4 is 5.32 Å². The number of benzene rings is 2. The van der Waals surface area contributed by atoms with E-state index in [1.165, 1.54) is 6.07 Å². The van der Waals surface area contributed by atoms with E-state index in [4.69, 9.17) is 0 Å². The first-order chi connectivity index (χ1) is 9.58. The van der Waals surface area contributed by atoms with Gasteiger partial charge in [-0.15, -0.1) is 0 Å². The van der Waals surface area contributed by atoms with Crippen LogP contribution in [0.25, 0.3) is 0 Å². The summed E-state index contributed by atoms with van der Waals surface area (Å²) >= 11 is 0. The van der Waals surface area contributed by atoms with Gasteiger partial charge in [-0.05, 0) is 42.7 Å². The number of halogens is 1. The molecule has 1 aliphatic heterocycles. The van der Waals surface area contributed by atoms with Gasteiger partial charge in [-0.25, -0.2) is 4.39 Å². The van der Waals surface area contributed by atoms with Gasteiger partial charge in [0.15, 0.2) is 5.78 Å². The lowest BCUT2D eigenvalue weighted by Gasteiger charge is -2.13. The zero-order chi connectivity index (χ0) is 14.3. The Kier molecular flexibility index (Phi) is 3.05. The van der Waals surface area contributed by atoms with Crippen molar-refractivity contribution in [3.63, 3.8) is 0 Å². The van der Waals surface area contributed by atoms with Crippen LogP contribution >= 0.6 is 0 Å². The number of nitrogens with one attached hydrogen (secondary N) is 1. The number of ketones is 1.